The number of ketones is 2. The summed E-state index contributed by atoms with van der Waals surface area (Å²) in [7, 11) is 0. The van der Waals surface area contributed by atoms with Crippen LogP contribution in [0.1, 0.15) is 56.8 Å². The monoisotopic (exact) mass is 676 g/mol. The van der Waals surface area contributed by atoms with Crippen LogP contribution in [0.2, 0.25) is 0 Å². The molecule has 4 heteroatoms. The molecule has 0 heterocycles. The van der Waals surface area contributed by atoms with Crippen molar-refractivity contribution in [1.29, 1.82) is 0 Å². The summed E-state index contributed by atoms with van der Waals surface area (Å²) in [6.07, 6.45) is 0. The van der Waals surface area contributed by atoms with Gasteiger partial charge in [-0.1, -0.05) is 95.1 Å². The molecule has 0 amide bonds. The number of carbonyl (C=O) groups is 2. The van der Waals surface area contributed by atoms with Gasteiger partial charge in [-0.3, -0.25) is 9.59 Å². The van der Waals surface area contributed by atoms with Crippen molar-refractivity contribution in [3.63, 3.8) is 0 Å². The van der Waals surface area contributed by atoms with Crippen LogP contribution in [0, 0.1) is 27.7 Å². The highest BCUT2D eigenvalue weighted by atomic mass is 16.1. The van der Waals surface area contributed by atoms with Crippen LogP contribution < -0.4 is 9.80 Å². The van der Waals surface area contributed by atoms with Crippen LogP contribution in [0.5, 0.6) is 0 Å². The molecule has 0 aromatic heterocycles. The van der Waals surface area contributed by atoms with Crippen LogP contribution >= 0.6 is 0 Å². The normalized spacial score (nSPS) is 11.4. The largest absolute Gasteiger partial charge is 0.310 e. The molecule has 4 nitrogen and oxygen atoms in total. The minimum atomic E-state index is -0.0140. The Kier molecular flexibility index (Phi) is 8.11. The van der Waals surface area contributed by atoms with Gasteiger partial charge >= 0.3 is 0 Å². The lowest BCUT2D eigenvalue weighted by Gasteiger charge is -2.30. The molecule has 8 aromatic rings. The Bertz CT molecular complexity index is 2360. The van der Waals surface area contributed by atoms with Crippen LogP contribution in [0.4, 0.5) is 34.1 Å². The fourth-order valence-electron chi connectivity index (χ4n) is 7.54. The number of nitrogens with zero attached hydrogens (tertiary/aromatic N) is 2. The van der Waals surface area contributed by atoms with Crippen molar-refractivity contribution < 1.29 is 9.59 Å². The predicted octanol–water partition coefficient (Wildman–Crippen LogP) is 13.2. The van der Waals surface area contributed by atoms with Crippen LogP contribution in [-0.4, -0.2) is 11.6 Å². The van der Waals surface area contributed by atoms with Crippen molar-refractivity contribution in [1.82, 2.24) is 0 Å². The number of carbonyl (C=O) groups excluding carboxylic acids is 2. The standard InChI is InChI=1S/C48H40N2O2/c1-29-7-15-35(16-8-29)49(36-17-9-30(2)10-18-36)45-27-43(33(5)51)39-24-26-42-46(28-44(34(6)52)40-23-25-41(45)47(39)48(40)42)50(37-19-11-31(3)12-20-37)38-21-13-32(4)14-22-38/h7-28H,1-6H3. The highest BCUT2D eigenvalue weighted by Gasteiger charge is 2.26. The zero-order valence-corrected chi connectivity index (χ0v) is 30.4. The third kappa shape index (κ3) is 5.57. The second kappa shape index (κ2) is 12.8. The lowest BCUT2D eigenvalue weighted by atomic mass is 9.86. The molecule has 254 valence electrons. The van der Waals surface area contributed by atoms with E-state index in [-0.39, 0.29) is 11.6 Å². The van der Waals surface area contributed by atoms with E-state index in [0.29, 0.717) is 11.1 Å². The molecule has 0 aliphatic heterocycles. The zero-order chi connectivity index (χ0) is 36.3. The quantitative estimate of drug-likeness (QED) is 0.119. The van der Waals surface area contributed by atoms with Gasteiger partial charge in [0, 0.05) is 55.4 Å². The van der Waals surface area contributed by atoms with E-state index in [1.54, 1.807) is 13.8 Å². The van der Waals surface area contributed by atoms with Gasteiger partial charge in [-0.05, 0) is 113 Å². The molecule has 0 aliphatic rings. The molecule has 52 heavy (non-hydrogen) atoms. The maximum Gasteiger partial charge on any atom is 0.160 e. The molecule has 8 rings (SSSR count). The third-order valence-corrected chi connectivity index (χ3v) is 10.3. The molecule has 0 unspecified atom stereocenters. The third-order valence-electron chi connectivity index (χ3n) is 10.3. The van der Waals surface area contributed by atoms with E-state index in [4.69, 9.17) is 0 Å². The Morgan fingerprint density at radius 3 is 0.865 bits per heavy atom. The molecule has 0 spiro atoms. The first kappa shape index (κ1) is 32.9. The summed E-state index contributed by atoms with van der Waals surface area (Å²) >= 11 is 0. The first-order chi connectivity index (χ1) is 25.1. The molecular formula is C48H40N2O2. The first-order valence-electron chi connectivity index (χ1n) is 17.8. The fraction of sp³-hybridized carbons (Fsp3) is 0.125. The molecule has 0 aliphatic carbocycles. The number of hydrogen-bond acceptors (Lipinski definition) is 4. The summed E-state index contributed by atoms with van der Waals surface area (Å²) in [5.74, 6) is -0.0280. The molecule has 0 saturated carbocycles. The summed E-state index contributed by atoms with van der Waals surface area (Å²) in [5.41, 5.74) is 11.8. The number of anilines is 6. The van der Waals surface area contributed by atoms with Crippen molar-refractivity contribution in [2.45, 2.75) is 41.5 Å². The summed E-state index contributed by atoms with van der Waals surface area (Å²) in [5, 5.41) is 5.70. The van der Waals surface area contributed by atoms with Crippen molar-refractivity contribution in [3.8, 4) is 0 Å². The highest BCUT2D eigenvalue weighted by molar-refractivity contribution is 6.33. The van der Waals surface area contributed by atoms with E-state index in [0.717, 1.165) is 66.4 Å². The van der Waals surface area contributed by atoms with E-state index in [9.17, 15) is 9.59 Å². The summed E-state index contributed by atoms with van der Waals surface area (Å²) in [4.78, 5) is 31.7. The molecule has 0 N–H and O–H groups in total. The van der Waals surface area contributed by atoms with E-state index in [2.05, 4.69) is 159 Å². The second-order valence-electron chi connectivity index (χ2n) is 14.1. The van der Waals surface area contributed by atoms with Crippen molar-refractivity contribution in [3.05, 3.63) is 167 Å². The summed E-state index contributed by atoms with van der Waals surface area (Å²) in [6, 6.07) is 46.5. The Morgan fingerprint density at radius 1 is 0.365 bits per heavy atom. The predicted molar refractivity (Wildman–Crippen MR) is 218 cm³/mol. The maximum absolute atomic E-state index is 13.6. The molecule has 0 atom stereocenters. The van der Waals surface area contributed by atoms with Gasteiger partial charge in [0.25, 0.3) is 0 Å². The van der Waals surface area contributed by atoms with Gasteiger partial charge in [0.15, 0.2) is 11.6 Å². The molecular weight excluding hydrogens is 637 g/mol. The Hall–Kier alpha value is -6.26. The Balaban J connectivity index is 1.52. The number of benzene rings is 8. The van der Waals surface area contributed by atoms with Crippen LogP contribution in [0.15, 0.2) is 133 Å². The number of rotatable bonds is 8. The van der Waals surface area contributed by atoms with E-state index in [1.807, 2.05) is 12.1 Å². The highest BCUT2D eigenvalue weighted by Crippen LogP contribution is 2.49. The Labute approximate surface area is 304 Å². The zero-order valence-electron chi connectivity index (χ0n) is 30.4. The topological polar surface area (TPSA) is 40.6 Å². The van der Waals surface area contributed by atoms with Gasteiger partial charge in [-0.2, -0.15) is 0 Å². The number of Topliss-reactive ketones (excluding diaryl/α,β-unsaturated/α-hetero) is 2. The van der Waals surface area contributed by atoms with Crippen molar-refractivity contribution in [2.24, 2.45) is 0 Å². The first-order valence-corrected chi connectivity index (χ1v) is 17.8. The fourth-order valence-corrected chi connectivity index (χ4v) is 7.54. The second-order valence-corrected chi connectivity index (χ2v) is 14.1. The molecule has 0 bridgehead atoms. The van der Waals surface area contributed by atoms with Crippen LogP contribution in [0.25, 0.3) is 32.3 Å². The van der Waals surface area contributed by atoms with E-state index >= 15 is 0 Å². The summed E-state index contributed by atoms with van der Waals surface area (Å²) in [6.45, 7) is 11.6. The lowest BCUT2D eigenvalue weighted by Crippen LogP contribution is -2.13. The van der Waals surface area contributed by atoms with E-state index < -0.39 is 0 Å². The van der Waals surface area contributed by atoms with Gasteiger partial charge in [0.2, 0.25) is 0 Å². The smallest absolute Gasteiger partial charge is 0.160 e. The molecule has 0 radical (unpaired) electrons. The molecule has 0 saturated heterocycles. The van der Waals surface area contributed by atoms with Crippen molar-refractivity contribution >= 4 is 78.0 Å². The average molecular weight is 677 g/mol. The lowest BCUT2D eigenvalue weighted by molar-refractivity contribution is 0.101. The minimum absolute atomic E-state index is 0.0140. The van der Waals surface area contributed by atoms with Crippen LogP contribution in [0.3, 0.4) is 0 Å². The van der Waals surface area contributed by atoms with Crippen molar-refractivity contribution in [2.75, 3.05) is 9.80 Å². The van der Waals surface area contributed by atoms with Gasteiger partial charge in [-0.25, -0.2) is 0 Å². The van der Waals surface area contributed by atoms with Gasteiger partial charge < -0.3 is 9.80 Å². The van der Waals surface area contributed by atoms with E-state index in [1.165, 1.54) is 22.3 Å². The SMILES string of the molecule is CC(=O)c1cc(N(c2ccc(C)cc2)c2ccc(C)cc2)c2ccc3c(C(C)=O)cc(N(c4ccc(C)cc4)c4ccc(C)cc4)c4ccc1c2c34. The average Bonchev–Trinajstić information content (AvgIpc) is 3.14. The molecule has 8 aromatic carbocycles. The van der Waals surface area contributed by atoms with Gasteiger partial charge in [0.1, 0.15) is 0 Å². The summed E-state index contributed by atoms with van der Waals surface area (Å²) < 4.78 is 0. The Morgan fingerprint density at radius 2 is 0.615 bits per heavy atom. The minimum Gasteiger partial charge on any atom is -0.310 e. The van der Waals surface area contributed by atoms with Gasteiger partial charge in [0.05, 0.1) is 11.4 Å². The maximum atomic E-state index is 13.6. The number of aryl methyl sites for hydroxylation is 4. The molecule has 0 fully saturated rings. The van der Waals surface area contributed by atoms with Crippen LogP contribution in [-0.2, 0) is 0 Å². The van der Waals surface area contributed by atoms with Gasteiger partial charge in [-0.15, -0.1) is 0 Å². The number of hydrogen-bond donors (Lipinski definition) is 0.